The zero-order valence-electron chi connectivity index (χ0n) is 33.9. The molecule has 1 atom stereocenters. The van der Waals surface area contributed by atoms with Crippen LogP contribution in [-0.4, -0.2) is 77.2 Å². The van der Waals surface area contributed by atoms with Gasteiger partial charge in [0.25, 0.3) is 10.0 Å². The van der Waals surface area contributed by atoms with Crippen LogP contribution in [0.5, 0.6) is 28.7 Å². The second kappa shape index (κ2) is 16.3. The zero-order valence-corrected chi connectivity index (χ0v) is 34.8. The van der Waals surface area contributed by atoms with Crippen LogP contribution in [0.25, 0.3) is 11.0 Å². The zero-order chi connectivity index (χ0) is 41.4. The predicted octanol–water partition coefficient (Wildman–Crippen LogP) is 8.11. The van der Waals surface area contributed by atoms with Gasteiger partial charge in [0.2, 0.25) is 0 Å². The molecule has 1 unspecified atom stereocenters. The molecular formula is C41H49N5O11S. The van der Waals surface area contributed by atoms with E-state index in [2.05, 4.69) is 5.16 Å². The Bertz CT molecular complexity index is 2350. The van der Waals surface area contributed by atoms with E-state index in [1.54, 1.807) is 64.3 Å². The molecule has 3 heterocycles. The maximum Gasteiger partial charge on any atom is 0.420 e. The van der Waals surface area contributed by atoms with E-state index in [0.717, 1.165) is 42.1 Å². The Morgan fingerprint density at radius 2 is 1.52 bits per heavy atom. The highest BCUT2D eigenvalue weighted by Crippen LogP contribution is 2.47. The topological polar surface area (TPSA) is 166 Å². The van der Waals surface area contributed by atoms with Crippen LogP contribution in [0.15, 0.2) is 64.0 Å². The number of rotatable bonds is 14. The van der Waals surface area contributed by atoms with Crippen LogP contribution in [0.4, 0.5) is 22.1 Å². The third kappa shape index (κ3) is 8.05. The van der Waals surface area contributed by atoms with Crippen LogP contribution in [0.2, 0.25) is 0 Å². The minimum Gasteiger partial charge on any atom is -0.497 e. The molecule has 2 aromatic heterocycles. The highest BCUT2D eigenvalue weighted by Gasteiger charge is 2.38. The van der Waals surface area contributed by atoms with Gasteiger partial charge in [0.1, 0.15) is 34.3 Å². The first-order valence-corrected chi connectivity index (χ1v) is 20.4. The van der Waals surface area contributed by atoms with Crippen LogP contribution in [0, 0.1) is 0 Å². The molecular weight excluding hydrogens is 771 g/mol. The average molecular weight is 820 g/mol. The maximum atomic E-state index is 15.0. The summed E-state index contributed by atoms with van der Waals surface area (Å²) < 4.78 is 78.9. The highest BCUT2D eigenvalue weighted by atomic mass is 32.2. The third-order valence-corrected chi connectivity index (χ3v) is 11.7. The largest absolute Gasteiger partial charge is 0.497 e. The lowest BCUT2D eigenvalue weighted by molar-refractivity contribution is -0.0410. The summed E-state index contributed by atoms with van der Waals surface area (Å²) in [6, 6.07) is 14.9. The number of carbonyl (C=O) groups is 1. The molecule has 0 radical (unpaired) electrons. The summed E-state index contributed by atoms with van der Waals surface area (Å²) >= 11 is 0. The number of hydrogen-bond donors (Lipinski definition) is 0. The van der Waals surface area contributed by atoms with E-state index >= 15 is 8.42 Å². The second-order valence-corrected chi connectivity index (χ2v) is 16.8. The standard InChI is InChI=1S/C41H49N5O11S/c1-41(2,3)56-40(47)45(36-23-30(26-14-15-26)46(42-36)37-11-9-10-18-55-37)31-22-32-29(21-33(31)52-6)39(43-57-32)44(24-25-12-16-27(50-4)17-13-25)58(48,49)38-34(53-7)19-28(51-5)20-35(38)54-8/h12-13,16-17,19-23,26,37H,9-11,14-15,18,24H2,1-8H3. The molecule has 2 aliphatic rings. The summed E-state index contributed by atoms with van der Waals surface area (Å²) in [5, 5.41) is 9.58. The number of aromatic nitrogens is 3. The summed E-state index contributed by atoms with van der Waals surface area (Å²) in [4.78, 5) is 15.3. The molecule has 0 N–H and O–H groups in total. The summed E-state index contributed by atoms with van der Waals surface area (Å²) in [5.74, 6) is 1.62. The van der Waals surface area contributed by atoms with Crippen LogP contribution >= 0.6 is 0 Å². The molecule has 1 aliphatic carbocycles. The van der Waals surface area contributed by atoms with Crippen LogP contribution in [0.3, 0.4) is 0 Å². The van der Waals surface area contributed by atoms with Gasteiger partial charge in [0.15, 0.2) is 28.3 Å². The first kappa shape index (κ1) is 40.5. The molecule has 1 amide bonds. The molecule has 310 valence electrons. The molecule has 2 fully saturated rings. The van der Waals surface area contributed by atoms with Gasteiger partial charge in [-0.05, 0) is 76.6 Å². The van der Waals surface area contributed by atoms with Crippen molar-refractivity contribution in [2.75, 3.05) is 51.4 Å². The fourth-order valence-electron chi connectivity index (χ4n) is 6.93. The lowest BCUT2D eigenvalue weighted by Crippen LogP contribution is -2.34. The monoisotopic (exact) mass is 819 g/mol. The Hall–Kier alpha value is -5.68. The van der Waals surface area contributed by atoms with Crippen molar-refractivity contribution in [3.8, 4) is 28.7 Å². The van der Waals surface area contributed by atoms with Gasteiger partial charge in [0.05, 0.1) is 53.2 Å². The van der Waals surface area contributed by atoms with Gasteiger partial charge in [-0.15, -0.1) is 0 Å². The molecule has 1 saturated carbocycles. The number of hydrogen-bond acceptors (Lipinski definition) is 13. The van der Waals surface area contributed by atoms with Crippen molar-refractivity contribution in [2.45, 2.75) is 82.1 Å². The number of sulfonamides is 1. The van der Waals surface area contributed by atoms with E-state index in [4.69, 9.17) is 42.8 Å². The molecule has 3 aromatic carbocycles. The summed E-state index contributed by atoms with van der Waals surface area (Å²) in [6.45, 7) is 5.77. The minimum atomic E-state index is -4.55. The predicted molar refractivity (Wildman–Crippen MR) is 214 cm³/mol. The quantitative estimate of drug-likeness (QED) is 0.106. The number of methoxy groups -OCH3 is 5. The van der Waals surface area contributed by atoms with Crippen molar-refractivity contribution in [1.29, 1.82) is 0 Å². The van der Waals surface area contributed by atoms with Crippen LogP contribution in [-0.2, 0) is 26.0 Å². The smallest absolute Gasteiger partial charge is 0.420 e. The lowest BCUT2D eigenvalue weighted by Gasteiger charge is -2.27. The van der Waals surface area contributed by atoms with Crippen molar-refractivity contribution in [2.24, 2.45) is 0 Å². The lowest BCUT2D eigenvalue weighted by atomic mass is 10.1. The fourth-order valence-corrected chi connectivity index (χ4v) is 8.62. The van der Waals surface area contributed by atoms with E-state index in [-0.39, 0.29) is 63.3 Å². The molecule has 1 aliphatic heterocycles. The van der Waals surface area contributed by atoms with Gasteiger partial charge >= 0.3 is 6.09 Å². The number of ether oxygens (including phenoxy) is 7. The van der Waals surface area contributed by atoms with Gasteiger partial charge in [-0.2, -0.15) is 5.10 Å². The van der Waals surface area contributed by atoms with Gasteiger partial charge in [0, 0.05) is 42.5 Å². The molecule has 17 heteroatoms. The molecule has 0 bridgehead atoms. The van der Waals surface area contributed by atoms with Gasteiger partial charge in [-0.1, -0.05) is 17.3 Å². The van der Waals surface area contributed by atoms with E-state index in [1.165, 1.54) is 45.5 Å². The maximum absolute atomic E-state index is 15.0. The van der Waals surface area contributed by atoms with E-state index < -0.39 is 21.7 Å². The van der Waals surface area contributed by atoms with Crippen molar-refractivity contribution >= 4 is 44.4 Å². The van der Waals surface area contributed by atoms with E-state index in [1.807, 2.05) is 10.7 Å². The van der Waals surface area contributed by atoms with Gasteiger partial charge in [-0.25, -0.2) is 27.1 Å². The average Bonchev–Trinajstić information content (AvgIpc) is 3.85. The first-order valence-electron chi connectivity index (χ1n) is 19.0. The number of benzene rings is 3. The van der Waals surface area contributed by atoms with Gasteiger partial charge in [-0.3, -0.25) is 0 Å². The highest BCUT2D eigenvalue weighted by molar-refractivity contribution is 7.93. The third-order valence-electron chi connectivity index (χ3n) is 9.91. The summed E-state index contributed by atoms with van der Waals surface area (Å²) in [7, 11) is 2.61. The Morgan fingerprint density at radius 1 is 0.845 bits per heavy atom. The van der Waals surface area contributed by atoms with Crippen molar-refractivity contribution < 1.29 is 50.9 Å². The normalized spacial score (nSPS) is 15.8. The van der Waals surface area contributed by atoms with Crippen molar-refractivity contribution in [1.82, 2.24) is 14.9 Å². The molecule has 7 rings (SSSR count). The SMILES string of the molecule is COc1ccc(CN(c2noc3cc(N(C(=O)OC(C)(C)C)c4cc(C5CC5)n(C5CCCCO5)n4)c(OC)cc23)S(=O)(=O)c2c(OC)cc(OC)cc2OC)cc1. The van der Waals surface area contributed by atoms with E-state index in [0.29, 0.717) is 29.5 Å². The number of fused-ring (bicyclic) bond motifs is 1. The Kier molecular flexibility index (Phi) is 11.4. The number of anilines is 3. The molecule has 0 spiro atoms. The Balaban J connectivity index is 1.39. The van der Waals surface area contributed by atoms with Crippen molar-refractivity contribution in [3.05, 3.63) is 65.9 Å². The molecule has 58 heavy (non-hydrogen) atoms. The molecule has 16 nitrogen and oxygen atoms in total. The summed E-state index contributed by atoms with van der Waals surface area (Å²) in [6.07, 6.45) is 3.82. The summed E-state index contributed by atoms with van der Waals surface area (Å²) in [5.41, 5.74) is 1.12. The van der Waals surface area contributed by atoms with Gasteiger partial charge < -0.3 is 37.7 Å². The van der Waals surface area contributed by atoms with Crippen LogP contribution in [0.1, 0.15) is 76.3 Å². The number of nitrogens with zero attached hydrogens (tertiary/aromatic N) is 5. The fraction of sp³-hybridized carbons (Fsp3) is 0.439. The van der Waals surface area contributed by atoms with Crippen molar-refractivity contribution in [3.63, 3.8) is 0 Å². The van der Waals surface area contributed by atoms with E-state index in [9.17, 15) is 4.79 Å². The number of amides is 1. The first-order chi connectivity index (χ1) is 27.8. The Labute approximate surface area is 337 Å². The van der Waals surface area contributed by atoms with Crippen LogP contribution < -0.4 is 32.9 Å². The second-order valence-electron chi connectivity index (χ2n) is 15.0. The molecule has 1 saturated heterocycles. The minimum absolute atomic E-state index is 0.0137. The number of carbonyl (C=O) groups excluding carboxylic acids is 1. The molecule has 5 aromatic rings. The Morgan fingerprint density at radius 3 is 2.09 bits per heavy atom.